The maximum Gasteiger partial charge on any atom is 0.305 e. The van der Waals surface area contributed by atoms with Crippen molar-refractivity contribution < 1.29 is 13.9 Å². The molecule has 2 rings (SSSR count). The van der Waals surface area contributed by atoms with Gasteiger partial charge in [-0.15, -0.1) is 0 Å². The topological polar surface area (TPSA) is 43.4 Å². The van der Waals surface area contributed by atoms with E-state index >= 15 is 0 Å². The van der Waals surface area contributed by atoms with Crippen LogP contribution in [0, 0.1) is 20.8 Å². The molecule has 1 atom stereocenters. The van der Waals surface area contributed by atoms with Gasteiger partial charge in [0.25, 0.3) is 5.52 Å². The fourth-order valence-electron chi connectivity index (χ4n) is 2.86. The van der Waals surface area contributed by atoms with Gasteiger partial charge in [-0.1, -0.05) is 31.2 Å². The van der Waals surface area contributed by atoms with Crippen LogP contribution in [0.4, 0.5) is 0 Å². The van der Waals surface area contributed by atoms with Crippen molar-refractivity contribution in [3.8, 4) is 5.75 Å². The second-order valence-corrected chi connectivity index (χ2v) is 6.61. The van der Waals surface area contributed by atoms with Crippen molar-refractivity contribution in [3.63, 3.8) is 0 Å². The molecule has 0 heterocycles. The minimum Gasteiger partial charge on any atom is -0.440 e. The molecular weight excluding hydrogens is 295 g/mol. The van der Waals surface area contributed by atoms with Crippen molar-refractivity contribution in [1.82, 2.24) is 0 Å². The predicted molar refractivity (Wildman–Crippen MR) is 90.4 cm³/mol. The summed E-state index contributed by atoms with van der Waals surface area (Å²) in [5.74, 6) is 0.456. The Kier molecular flexibility index (Phi) is 5.20. The quantitative estimate of drug-likeness (QED) is 0.739. The first-order valence-corrected chi connectivity index (χ1v) is 8.68. The summed E-state index contributed by atoms with van der Waals surface area (Å²) in [5.41, 5.74) is 4.22. The van der Waals surface area contributed by atoms with E-state index in [1.807, 2.05) is 32.9 Å². The van der Waals surface area contributed by atoms with Crippen LogP contribution in [0.15, 0.2) is 36.4 Å². The SMILES string of the molecule is CCc1c(C)cc(C)c(C(=O)[PH](=O)Oc2ccccc2)c1C. The molecule has 0 N–H and O–H groups in total. The summed E-state index contributed by atoms with van der Waals surface area (Å²) >= 11 is 0. The fourth-order valence-corrected chi connectivity index (χ4v) is 3.90. The first-order chi connectivity index (χ1) is 10.5. The van der Waals surface area contributed by atoms with Crippen LogP contribution >= 0.6 is 8.03 Å². The fraction of sp³-hybridized carbons (Fsp3) is 0.278. The highest BCUT2D eigenvalue weighted by Gasteiger charge is 2.22. The first kappa shape index (κ1) is 16.5. The molecule has 2 aromatic carbocycles. The van der Waals surface area contributed by atoms with E-state index in [9.17, 15) is 9.36 Å². The minimum absolute atomic E-state index is 0.404. The Bertz CT molecular complexity index is 721. The average Bonchev–Trinajstić information content (AvgIpc) is 2.48. The van der Waals surface area contributed by atoms with Gasteiger partial charge >= 0.3 is 8.03 Å². The van der Waals surface area contributed by atoms with Crippen LogP contribution in [0.1, 0.15) is 39.5 Å². The highest BCUT2D eigenvalue weighted by Crippen LogP contribution is 2.34. The molecule has 0 bridgehead atoms. The summed E-state index contributed by atoms with van der Waals surface area (Å²) in [4.78, 5) is 12.6. The molecule has 0 aliphatic carbocycles. The number of benzene rings is 2. The average molecular weight is 316 g/mol. The number of para-hydroxylation sites is 1. The van der Waals surface area contributed by atoms with Gasteiger partial charge in [0.2, 0.25) is 0 Å². The van der Waals surface area contributed by atoms with E-state index in [4.69, 9.17) is 4.52 Å². The summed E-state index contributed by atoms with van der Waals surface area (Å²) in [6, 6.07) is 10.8. The monoisotopic (exact) mass is 316 g/mol. The number of hydrogen-bond donors (Lipinski definition) is 0. The Balaban J connectivity index is 2.35. The van der Waals surface area contributed by atoms with E-state index in [0.717, 1.165) is 28.7 Å². The Morgan fingerprint density at radius 2 is 1.73 bits per heavy atom. The summed E-state index contributed by atoms with van der Waals surface area (Å²) in [6.45, 7) is 7.90. The van der Waals surface area contributed by atoms with Crippen molar-refractivity contribution >= 4 is 13.6 Å². The van der Waals surface area contributed by atoms with Crippen molar-refractivity contribution in [2.75, 3.05) is 0 Å². The summed E-state index contributed by atoms with van der Waals surface area (Å²) in [7, 11) is -2.84. The molecule has 4 heteroatoms. The zero-order valence-electron chi connectivity index (χ0n) is 13.4. The number of carbonyl (C=O) groups is 1. The maximum absolute atomic E-state index is 12.6. The Labute approximate surface area is 132 Å². The number of hydrogen-bond acceptors (Lipinski definition) is 3. The number of aryl methyl sites for hydroxylation is 2. The molecule has 0 saturated heterocycles. The third-order valence-corrected chi connectivity index (χ3v) is 4.89. The number of carbonyl (C=O) groups excluding carboxylic acids is 1. The predicted octanol–water partition coefficient (Wildman–Crippen LogP) is 4.87. The van der Waals surface area contributed by atoms with Crippen LogP contribution < -0.4 is 4.52 Å². The van der Waals surface area contributed by atoms with Crippen molar-refractivity contribution in [1.29, 1.82) is 0 Å². The smallest absolute Gasteiger partial charge is 0.305 e. The summed E-state index contributed by atoms with van der Waals surface area (Å²) in [6.07, 6.45) is 0.846. The van der Waals surface area contributed by atoms with Gasteiger partial charge < -0.3 is 4.52 Å². The molecule has 0 aromatic heterocycles. The van der Waals surface area contributed by atoms with Gasteiger partial charge in [-0.25, -0.2) is 0 Å². The molecule has 0 aliphatic heterocycles. The lowest BCUT2D eigenvalue weighted by molar-refractivity contribution is 0.106. The molecule has 0 fully saturated rings. The molecule has 0 radical (unpaired) electrons. The van der Waals surface area contributed by atoms with Crippen molar-refractivity contribution in [2.24, 2.45) is 0 Å². The van der Waals surface area contributed by atoms with Gasteiger partial charge in [-0.3, -0.25) is 9.36 Å². The van der Waals surface area contributed by atoms with Gasteiger partial charge in [0.05, 0.1) is 0 Å². The van der Waals surface area contributed by atoms with Gasteiger partial charge in [-0.05, 0) is 61.6 Å². The normalized spacial score (nSPS) is 12.0. The summed E-state index contributed by atoms with van der Waals surface area (Å²) < 4.78 is 17.7. The van der Waals surface area contributed by atoms with Gasteiger partial charge in [0, 0.05) is 5.56 Å². The Morgan fingerprint density at radius 3 is 2.32 bits per heavy atom. The second-order valence-electron chi connectivity index (χ2n) is 5.37. The lowest BCUT2D eigenvalue weighted by Crippen LogP contribution is -2.07. The molecule has 116 valence electrons. The molecule has 2 aromatic rings. The third-order valence-electron chi connectivity index (χ3n) is 3.85. The van der Waals surface area contributed by atoms with Gasteiger partial charge in [-0.2, -0.15) is 0 Å². The largest absolute Gasteiger partial charge is 0.440 e. The highest BCUT2D eigenvalue weighted by atomic mass is 31.1. The van der Waals surface area contributed by atoms with Crippen LogP contribution in [0.25, 0.3) is 0 Å². The Hall–Kier alpha value is -1.86. The maximum atomic E-state index is 12.6. The number of rotatable bonds is 5. The van der Waals surface area contributed by atoms with Crippen LogP contribution in [-0.2, 0) is 11.0 Å². The highest BCUT2D eigenvalue weighted by molar-refractivity contribution is 7.60. The molecule has 1 unspecified atom stereocenters. The lowest BCUT2D eigenvalue weighted by Gasteiger charge is -2.15. The molecule has 0 amide bonds. The van der Waals surface area contributed by atoms with E-state index in [0.29, 0.717) is 11.3 Å². The summed E-state index contributed by atoms with van der Waals surface area (Å²) in [5, 5.41) is 0. The molecule has 0 spiro atoms. The molecule has 3 nitrogen and oxygen atoms in total. The second kappa shape index (κ2) is 6.93. The lowest BCUT2D eigenvalue weighted by atomic mass is 9.93. The minimum atomic E-state index is -2.84. The van der Waals surface area contributed by atoms with E-state index in [2.05, 4.69) is 6.92 Å². The molecule has 0 saturated carbocycles. The molecule has 22 heavy (non-hydrogen) atoms. The van der Waals surface area contributed by atoms with Crippen molar-refractivity contribution in [2.45, 2.75) is 34.1 Å². The standard InChI is InChI=1S/C18H21O3P/c1-5-16-12(2)11-13(3)17(14(16)4)18(19)22(20)21-15-9-7-6-8-10-15/h6-11,22H,5H2,1-4H3. The van der Waals surface area contributed by atoms with Crippen molar-refractivity contribution in [3.05, 3.63) is 64.2 Å². The van der Waals surface area contributed by atoms with Gasteiger partial charge in [0.1, 0.15) is 5.75 Å². The van der Waals surface area contributed by atoms with E-state index in [-0.39, 0.29) is 0 Å². The van der Waals surface area contributed by atoms with E-state index in [1.165, 1.54) is 0 Å². The first-order valence-electron chi connectivity index (χ1n) is 7.37. The van der Waals surface area contributed by atoms with E-state index in [1.54, 1.807) is 24.3 Å². The zero-order valence-corrected chi connectivity index (χ0v) is 14.4. The van der Waals surface area contributed by atoms with E-state index < -0.39 is 13.6 Å². The van der Waals surface area contributed by atoms with Crippen LogP contribution in [0.2, 0.25) is 0 Å². The van der Waals surface area contributed by atoms with Crippen LogP contribution in [0.5, 0.6) is 5.75 Å². The van der Waals surface area contributed by atoms with Gasteiger partial charge in [0.15, 0.2) is 0 Å². The molecular formula is C18H21O3P. The van der Waals surface area contributed by atoms with Crippen LogP contribution in [0.3, 0.4) is 0 Å². The third kappa shape index (κ3) is 3.31. The Morgan fingerprint density at radius 1 is 1.09 bits per heavy atom. The van der Waals surface area contributed by atoms with Crippen LogP contribution in [-0.4, -0.2) is 5.52 Å². The molecule has 0 aliphatic rings. The zero-order chi connectivity index (χ0) is 16.3.